The Morgan fingerprint density at radius 2 is 1.50 bits per heavy atom. The van der Waals surface area contributed by atoms with Crippen molar-refractivity contribution in [2.75, 3.05) is 17.8 Å². The first-order chi connectivity index (χ1) is 3.70. The highest BCUT2D eigenvalue weighted by Gasteiger charge is 2.32. The van der Waals surface area contributed by atoms with Gasteiger partial charge < -0.3 is 0 Å². The first-order valence-corrected chi connectivity index (χ1v) is 5.26. The molecular weight excluding hydrogens is 116 g/mol. The lowest BCUT2D eigenvalue weighted by Gasteiger charge is -1.99. The van der Waals surface area contributed by atoms with Gasteiger partial charge in [0.1, 0.15) is 11.5 Å². The maximum absolute atomic E-state index is 2.39. The summed E-state index contributed by atoms with van der Waals surface area (Å²) in [6, 6.07) is 0. The molecule has 1 aliphatic heterocycles. The van der Waals surface area contributed by atoms with Crippen LogP contribution in [0.25, 0.3) is 0 Å². The lowest BCUT2D eigenvalue weighted by atomic mass is 10.0. The van der Waals surface area contributed by atoms with Crippen molar-refractivity contribution in [3.05, 3.63) is 0 Å². The third-order valence-electron chi connectivity index (χ3n) is 2.07. The summed E-state index contributed by atoms with van der Waals surface area (Å²) >= 11 is 0. The molecule has 48 valence electrons. The zero-order valence-electron chi connectivity index (χ0n) is 5.98. The van der Waals surface area contributed by atoms with E-state index in [9.17, 15) is 0 Å². The zero-order valence-corrected chi connectivity index (χ0v) is 6.79. The smallest absolute Gasteiger partial charge is 0.0576 e. The Bertz CT molecular complexity index is 70.5. The van der Waals surface area contributed by atoms with Crippen molar-refractivity contribution in [2.24, 2.45) is 11.8 Å². The molecule has 0 bridgehead atoms. The molecule has 0 aliphatic carbocycles. The van der Waals surface area contributed by atoms with E-state index in [2.05, 4.69) is 20.1 Å². The van der Waals surface area contributed by atoms with E-state index < -0.39 is 0 Å². The molecule has 0 radical (unpaired) electrons. The Morgan fingerprint density at radius 1 is 1.12 bits per heavy atom. The standard InChI is InChI=1S/C7H15S/c1-6-4-8(3)5-7(6)2/h6-7H,4-5H2,1-3H3/q+1/t6-,7-/m0/s1. The highest BCUT2D eigenvalue weighted by atomic mass is 32.2. The highest BCUT2D eigenvalue weighted by molar-refractivity contribution is 7.96. The average molecular weight is 131 g/mol. The topological polar surface area (TPSA) is 0 Å². The molecule has 0 aromatic carbocycles. The van der Waals surface area contributed by atoms with Crippen molar-refractivity contribution in [1.29, 1.82) is 0 Å². The quantitative estimate of drug-likeness (QED) is 0.437. The third-order valence-corrected chi connectivity index (χ3v) is 4.26. The molecule has 1 rings (SSSR count). The normalized spacial score (nSPS) is 40.9. The Morgan fingerprint density at radius 3 is 1.62 bits per heavy atom. The van der Waals surface area contributed by atoms with Crippen LogP contribution in [-0.4, -0.2) is 17.8 Å². The largest absolute Gasteiger partial charge is 0.110 e. The summed E-state index contributed by atoms with van der Waals surface area (Å²) in [4.78, 5) is 0. The second-order valence-electron chi connectivity index (χ2n) is 3.07. The SMILES string of the molecule is C[C@H]1C[S+](C)C[C@@H]1C. The first-order valence-electron chi connectivity index (χ1n) is 3.29. The Hall–Kier alpha value is 0.350. The summed E-state index contributed by atoms with van der Waals surface area (Å²) in [5, 5.41) is 0. The Kier molecular flexibility index (Phi) is 1.86. The summed E-state index contributed by atoms with van der Waals surface area (Å²) in [7, 11) is 0.767. The van der Waals surface area contributed by atoms with Crippen LogP contribution in [0.4, 0.5) is 0 Å². The maximum atomic E-state index is 2.39. The number of rotatable bonds is 0. The van der Waals surface area contributed by atoms with Crippen LogP contribution in [0.1, 0.15) is 13.8 Å². The molecule has 2 atom stereocenters. The molecule has 8 heavy (non-hydrogen) atoms. The molecule has 0 aromatic rings. The van der Waals surface area contributed by atoms with E-state index in [4.69, 9.17) is 0 Å². The van der Waals surface area contributed by atoms with Crippen molar-refractivity contribution >= 4 is 10.9 Å². The van der Waals surface area contributed by atoms with Crippen molar-refractivity contribution in [1.82, 2.24) is 0 Å². The van der Waals surface area contributed by atoms with Gasteiger partial charge in [-0.05, 0) is 10.9 Å². The van der Waals surface area contributed by atoms with Crippen LogP contribution < -0.4 is 0 Å². The van der Waals surface area contributed by atoms with Crippen LogP contribution in [-0.2, 0) is 10.9 Å². The van der Waals surface area contributed by atoms with E-state index in [1.165, 1.54) is 11.5 Å². The van der Waals surface area contributed by atoms with Gasteiger partial charge in [0.05, 0.1) is 6.26 Å². The van der Waals surface area contributed by atoms with Crippen LogP contribution in [0.2, 0.25) is 0 Å². The molecule has 1 saturated heterocycles. The minimum absolute atomic E-state index is 0.767. The van der Waals surface area contributed by atoms with Crippen molar-refractivity contribution < 1.29 is 0 Å². The van der Waals surface area contributed by atoms with Gasteiger partial charge in [0.15, 0.2) is 0 Å². The summed E-state index contributed by atoms with van der Waals surface area (Å²) in [6.45, 7) is 4.75. The molecule has 0 amide bonds. The molecule has 1 heteroatoms. The van der Waals surface area contributed by atoms with Crippen LogP contribution >= 0.6 is 0 Å². The van der Waals surface area contributed by atoms with Gasteiger partial charge in [-0.15, -0.1) is 0 Å². The molecule has 0 nitrogen and oxygen atoms in total. The third kappa shape index (κ3) is 1.19. The van der Waals surface area contributed by atoms with E-state index in [1.54, 1.807) is 0 Å². The highest BCUT2D eigenvalue weighted by Crippen LogP contribution is 2.23. The van der Waals surface area contributed by atoms with Crippen LogP contribution in [0.15, 0.2) is 0 Å². The Balaban J connectivity index is 2.39. The number of hydrogen-bond acceptors (Lipinski definition) is 0. The molecule has 1 aliphatic rings. The second-order valence-corrected chi connectivity index (χ2v) is 5.30. The van der Waals surface area contributed by atoms with E-state index in [0.717, 1.165) is 22.7 Å². The average Bonchev–Trinajstić information content (AvgIpc) is 1.85. The van der Waals surface area contributed by atoms with Crippen LogP contribution in [0.3, 0.4) is 0 Å². The summed E-state index contributed by atoms with van der Waals surface area (Å²) in [6.07, 6.45) is 2.39. The molecule has 0 saturated carbocycles. The van der Waals surface area contributed by atoms with Crippen molar-refractivity contribution in [3.8, 4) is 0 Å². The van der Waals surface area contributed by atoms with Gasteiger partial charge >= 0.3 is 0 Å². The monoisotopic (exact) mass is 131 g/mol. The van der Waals surface area contributed by atoms with Gasteiger partial charge in [-0.2, -0.15) is 0 Å². The zero-order chi connectivity index (χ0) is 6.15. The van der Waals surface area contributed by atoms with E-state index in [1.807, 2.05) is 0 Å². The van der Waals surface area contributed by atoms with E-state index >= 15 is 0 Å². The van der Waals surface area contributed by atoms with Crippen LogP contribution in [0.5, 0.6) is 0 Å². The van der Waals surface area contributed by atoms with E-state index in [0.29, 0.717) is 0 Å². The van der Waals surface area contributed by atoms with Gasteiger partial charge in [0.2, 0.25) is 0 Å². The molecular formula is C7H15S+. The lowest BCUT2D eigenvalue weighted by Crippen LogP contribution is -2.01. The predicted octanol–water partition coefficient (Wildman–Crippen LogP) is 1.52. The lowest BCUT2D eigenvalue weighted by molar-refractivity contribution is 0.494. The van der Waals surface area contributed by atoms with Crippen molar-refractivity contribution in [3.63, 3.8) is 0 Å². The minimum atomic E-state index is 0.767. The molecule has 0 unspecified atom stereocenters. The molecule has 1 fully saturated rings. The van der Waals surface area contributed by atoms with Gasteiger partial charge in [-0.3, -0.25) is 0 Å². The number of hydrogen-bond donors (Lipinski definition) is 0. The maximum Gasteiger partial charge on any atom is 0.110 e. The fourth-order valence-corrected chi connectivity index (χ4v) is 3.88. The van der Waals surface area contributed by atoms with E-state index in [-0.39, 0.29) is 0 Å². The second kappa shape index (κ2) is 2.30. The fraction of sp³-hybridized carbons (Fsp3) is 1.00. The predicted molar refractivity (Wildman–Crippen MR) is 41.4 cm³/mol. The molecule has 0 N–H and O–H groups in total. The van der Waals surface area contributed by atoms with Gasteiger partial charge in [0.25, 0.3) is 0 Å². The summed E-state index contributed by atoms with van der Waals surface area (Å²) in [5.41, 5.74) is 0. The van der Waals surface area contributed by atoms with Gasteiger partial charge in [-0.1, -0.05) is 13.8 Å². The van der Waals surface area contributed by atoms with Crippen LogP contribution in [0, 0.1) is 11.8 Å². The molecule has 1 heterocycles. The van der Waals surface area contributed by atoms with Crippen molar-refractivity contribution in [2.45, 2.75) is 13.8 Å². The molecule has 0 spiro atoms. The summed E-state index contributed by atoms with van der Waals surface area (Å²) in [5.74, 6) is 4.98. The minimum Gasteiger partial charge on any atom is -0.0576 e. The first kappa shape index (κ1) is 6.47. The summed E-state index contributed by atoms with van der Waals surface area (Å²) < 4.78 is 0. The Labute approximate surface area is 55.0 Å². The molecule has 0 aromatic heterocycles. The van der Waals surface area contributed by atoms with Gasteiger partial charge in [-0.25, -0.2) is 0 Å². The fourth-order valence-electron chi connectivity index (χ4n) is 1.29. The van der Waals surface area contributed by atoms with Gasteiger partial charge in [0, 0.05) is 11.8 Å².